The van der Waals surface area contributed by atoms with Crippen LogP contribution < -0.4 is 5.32 Å². The van der Waals surface area contributed by atoms with Gasteiger partial charge >= 0.3 is 0 Å². The lowest BCUT2D eigenvalue weighted by atomic mass is 9.81. The second-order valence-corrected chi connectivity index (χ2v) is 7.89. The summed E-state index contributed by atoms with van der Waals surface area (Å²) in [7, 11) is 0. The van der Waals surface area contributed by atoms with Gasteiger partial charge in [0.2, 0.25) is 5.91 Å². The Morgan fingerprint density at radius 3 is 2.73 bits per heavy atom. The highest BCUT2D eigenvalue weighted by atomic mass is 32.1. The van der Waals surface area contributed by atoms with Crippen LogP contribution in [0.5, 0.6) is 0 Å². The Labute approximate surface area is 158 Å². The van der Waals surface area contributed by atoms with Crippen LogP contribution in [0.1, 0.15) is 46.6 Å². The topological polar surface area (TPSA) is 49.4 Å². The van der Waals surface area contributed by atoms with Gasteiger partial charge in [0.1, 0.15) is 0 Å². The van der Waals surface area contributed by atoms with E-state index in [1.54, 1.807) is 17.4 Å². The molecule has 1 N–H and O–H groups in total. The minimum absolute atomic E-state index is 0.000436. The average molecular weight is 369 g/mol. The number of hydrogen-bond acceptors (Lipinski definition) is 3. The summed E-state index contributed by atoms with van der Waals surface area (Å²) in [5, 5.41) is 4.93. The first-order valence-corrected chi connectivity index (χ1v) is 9.74. The first kappa shape index (κ1) is 18.4. The third-order valence-corrected chi connectivity index (χ3v) is 5.48. The van der Waals surface area contributed by atoms with Crippen LogP contribution in [0.15, 0.2) is 54.4 Å². The number of hydrogen-bond donors (Lipinski definition) is 1. The minimum Gasteiger partial charge on any atom is -0.352 e. The van der Waals surface area contributed by atoms with E-state index >= 15 is 0 Å². The van der Waals surface area contributed by atoms with Gasteiger partial charge in [0.25, 0.3) is 5.91 Å². The van der Waals surface area contributed by atoms with Crippen LogP contribution in [0.25, 0.3) is 0 Å². The van der Waals surface area contributed by atoms with Crippen LogP contribution in [0.3, 0.4) is 0 Å². The van der Waals surface area contributed by atoms with E-state index in [0.29, 0.717) is 24.6 Å². The Balaban J connectivity index is 2.14. The number of benzene rings is 1. The molecule has 1 aromatic heterocycles. The van der Waals surface area contributed by atoms with E-state index in [0.717, 1.165) is 10.4 Å². The second kappa shape index (κ2) is 7.87. The number of nitrogens with one attached hydrogen (secondary N) is 1. The van der Waals surface area contributed by atoms with Crippen molar-refractivity contribution in [2.45, 2.75) is 25.8 Å². The number of carbonyl (C=O) groups is 2. The van der Waals surface area contributed by atoms with Gasteiger partial charge in [-0.3, -0.25) is 9.59 Å². The summed E-state index contributed by atoms with van der Waals surface area (Å²) < 4.78 is 0. The highest BCUT2D eigenvalue weighted by molar-refractivity contribution is 7.10. The molecule has 0 bridgehead atoms. The standard InChI is InChI=1S/C21H24N2O2S/c1-4-11-22-20(24)18-15-8-5-6-9-16(15)21(25)23(13-14(2)3)19(18)17-10-7-12-26-17/h4-10,12,14,18-19H,1,11,13H2,2-3H3,(H,22,24)/t18-,19+/m1/s1. The van der Waals surface area contributed by atoms with Crippen molar-refractivity contribution in [3.8, 4) is 0 Å². The summed E-state index contributed by atoms with van der Waals surface area (Å²) in [6.45, 7) is 8.88. The maximum atomic E-state index is 13.2. The Kier molecular flexibility index (Phi) is 5.57. The predicted octanol–water partition coefficient (Wildman–Crippen LogP) is 3.99. The van der Waals surface area contributed by atoms with E-state index in [4.69, 9.17) is 0 Å². The molecule has 4 nitrogen and oxygen atoms in total. The third-order valence-electron chi connectivity index (χ3n) is 4.54. The fraction of sp³-hybridized carbons (Fsp3) is 0.333. The van der Waals surface area contributed by atoms with Crippen molar-refractivity contribution >= 4 is 23.2 Å². The van der Waals surface area contributed by atoms with E-state index in [2.05, 4.69) is 25.7 Å². The summed E-state index contributed by atoms with van der Waals surface area (Å²) in [6.07, 6.45) is 1.67. The molecule has 2 atom stereocenters. The summed E-state index contributed by atoms with van der Waals surface area (Å²) in [5.74, 6) is -0.192. The van der Waals surface area contributed by atoms with Gasteiger partial charge in [0.05, 0.1) is 12.0 Å². The first-order chi connectivity index (χ1) is 12.5. The smallest absolute Gasteiger partial charge is 0.254 e. The van der Waals surface area contributed by atoms with E-state index in [1.165, 1.54) is 0 Å². The SMILES string of the molecule is C=CCNC(=O)[C@@H]1c2ccccc2C(=O)N(CC(C)C)[C@H]1c1cccs1. The molecule has 136 valence electrons. The zero-order chi connectivity index (χ0) is 18.7. The molecule has 2 aromatic rings. The fourth-order valence-corrected chi connectivity index (χ4v) is 4.40. The molecule has 0 unspecified atom stereocenters. The van der Waals surface area contributed by atoms with Crippen LogP contribution in [0, 0.1) is 5.92 Å². The van der Waals surface area contributed by atoms with E-state index in [1.807, 2.05) is 46.7 Å². The first-order valence-electron chi connectivity index (χ1n) is 8.86. The van der Waals surface area contributed by atoms with Gasteiger partial charge in [0, 0.05) is 23.5 Å². The molecule has 2 amide bonds. The lowest BCUT2D eigenvalue weighted by molar-refractivity contribution is -0.124. The van der Waals surface area contributed by atoms with Gasteiger partial charge in [-0.2, -0.15) is 0 Å². The molecular weight excluding hydrogens is 344 g/mol. The van der Waals surface area contributed by atoms with Crippen molar-refractivity contribution in [1.29, 1.82) is 0 Å². The monoisotopic (exact) mass is 368 g/mol. The fourth-order valence-electron chi connectivity index (χ4n) is 3.53. The van der Waals surface area contributed by atoms with Gasteiger partial charge in [-0.1, -0.05) is 44.2 Å². The van der Waals surface area contributed by atoms with Crippen molar-refractivity contribution in [2.24, 2.45) is 5.92 Å². The zero-order valence-corrected chi connectivity index (χ0v) is 16.0. The summed E-state index contributed by atoms with van der Waals surface area (Å²) in [5.41, 5.74) is 1.43. The number of thiophene rings is 1. The molecule has 0 fully saturated rings. The second-order valence-electron chi connectivity index (χ2n) is 6.91. The summed E-state index contributed by atoms with van der Waals surface area (Å²) >= 11 is 1.59. The van der Waals surface area contributed by atoms with Crippen LogP contribution in [0.4, 0.5) is 0 Å². The van der Waals surface area contributed by atoms with E-state index < -0.39 is 5.92 Å². The molecule has 0 saturated carbocycles. The Morgan fingerprint density at radius 1 is 1.31 bits per heavy atom. The van der Waals surface area contributed by atoms with Crippen molar-refractivity contribution < 1.29 is 9.59 Å². The molecule has 2 heterocycles. The molecule has 0 spiro atoms. The van der Waals surface area contributed by atoms with Gasteiger partial charge in [-0.25, -0.2) is 0 Å². The molecule has 0 aliphatic carbocycles. The van der Waals surface area contributed by atoms with Gasteiger partial charge in [0.15, 0.2) is 0 Å². The molecular formula is C21H24N2O2S. The van der Waals surface area contributed by atoms with Gasteiger partial charge < -0.3 is 10.2 Å². The Hall–Kier alpha value is -2.40. The van der Waals surface area contributed by atoms with Crippen LogP contribution >= 0.6 is 11.3 Å². The Bertz CT molecular complexity index is 798. The maximum absolute atomic E-state index is 13.2. The van der Waals surface area contributed by atoms with Gasteiger partial charge in [-0.05, 0) is 29.0 Å². The van der Waals surface area contributed by atoms with Crippen molar-refractivity contribution in [1.82, 2.24) is 10.2 Å². The molecule has 1 aliphatic rings. The highest BCUT2D eigenvalue weighted by Gasteiger charge is 2.44. The number of nitrogens with zero attached hydrogens (tertiary/aromatic N) is 1. The highest BCUT2D eigenvalue weighted by Crippen LogP contribution is 2.44. The lowest BCUT2D eigenvalue weighted by Crippen LogP contribution is -2.48. The molecule has 0 saturated heterocycles. The number of rotatable bonds is 6. The van der Waals surface area contributed by atoms with E-state index in [-0.39, 0.29) is 17.9 Å². The van der Waals surface area contributed by atoms with Crippen LogP contribution in [0.2, 0.25) is 0 Å². The third kappa shape index (κ3) is 3.44. The summed E-state index contributed by atoms with van der Waals surface area (Å²) in [4.78, 5) is 29.2. The number of carbonyl (C=O) groups excluding carboxylic acids is 2. The molecule has 1 aromatic carbocycles. The average Bonchev–Trinajstić information content (AvgIpc) is 3.15. The van der Waals surface area contributed by atoms with Crippen molar-refractivity contribution in [3.05, 3.63) is 70.4 Å². The summed E-state index contributed by atoms with van der Waals surface area (Å²) in [6, 6.07) is 11.2. The van der Waals surface area contributed by atoms with E-state index in [9.17, 15) is 9.59 Å². The van der Waals surface area contributed by atoms with Crippen LogP contribution in [-0.2, 0) is 4.79 Å². The number of fused-ring (bicyclic) bond motifs is 1. The Morgan fingerprint density at radius 2 is 2.08 bits per heavy atom. The van der Waals surface area contributed by atoms with Gasteiger partial charge in [-0.15, -0.1) is 17.9 Å². The molecule has 3 rings (SSSR count). The molecule has 0 radical (unpaired) electrons. The molecule has 26 heavy (non-hydrogen) atoms. The zero-order valence-electron chi connectivity index (χ0n) is 15.1. The van der Waals surface area contributed by atoms with Crippen molar-refractivity contribution in [3.63, 3.8) is 0 Å². The normalized spacial score (nSPS) is 19.3. The molecule has 1 aliphatic heterocycles. The lowest BCUT2D eigenvalue weighted by Gasteiger charge is -2.42. The van der Waals surface area contributed by atoms with Crippen LogP contribution in [-0.4, -0.2) is 29.8 Å². The van der Waals surface area contributed by atoms with Crippen molar-refractivity contribution in [2.75, 3.05) is 13.1 Å². The number of amides is 2. The molecule has 5 heteroatoms. The quantitative estimate of drug-likeness (QED) is 0.784. The largest absolute Gasteiger partial charge is 0.352 e. The predicted molar refractivity (Wildman–Crippen MR) is 105 cm³/mol. The maximum Gasteiger partial charge on any atom is 0.254 e. The minimum atomic E-state index is -0.429.